The number of nitrogens with one attached hydrogen (secondary N) is 1. The second-order valence-electron chi connectivity index (χ2n) is 10.4. The van der Waals surface area contributed by atoms with Crippen molar-refractivity contribution < 1.29 is 18.7 Å². The maximum atomic E-state index is 14.5. The number of hydrogen-bond acceptors (Lipinski definition) is 5. The maximum Gasteiger partial charge on any atom is 0.240 e. The second kappa shape index (κ2) is 11.9. The Morgan fingerprint density at radius 3 is 2.63 bits per heavy atom. The molecule has 41 heavy (non-hydrogen) atoms. The molecule has 0 unspecified atom stereocenters. The zero-order valence-corrected chi connectivity index (χ0v) is 23.6. The average Bonchev–Trinajstić information content (AvgIpc) is 3.62. The van der Waals surface area contributed by atoms with Gasteiger partial charge >= 0.3 is 0 Å². The van der Waals surface area contributed by atoms with Crippen molar-refractivity contribution in [2.24, 2.45) is 0 Å². The van der Waals surface area contributed by atoms with Gasteiger partial charge in [-0.3, -0.25) is 14.5 Å². The molecule has 6 rings (SSSR count). The lowest BCUT2D eigenvalue weighted by atomic mass is 9.99. The van der Waals surface area contributed by atoms with Gasteiger partial charge in [-0.05, 0) is 49.6 Å². The van der Waals surface area contributed by atoms with Crippen LogP contribution < -0.4 is 10.2 Å². The van der Waals surface area contributed by atoms with Gasteiger partial charge in [0.05, 0.1) is 28.5 Å². The monoisotopic (exact) mass is 570 g/mol. The summed E-state index contributed by atoms with van der Waals surface area (Å²) < 4.78 is 21.9. The van der Waals surface area contributed by atoms with Gasteiger partial charge < -0.3 is 10.1 Å². The smallest absolute Gasteiger partial charge is 0.240 e. The van der Waals surface area contributed by atoms with Crippen molar-refractivity contribution in [2.45, 2.75) is 31.1 Å². The van der Waals surface area contributed by atoms with E-state index in [2.05, 4.69) is 5.32 Å². The Kier molecular flexibility index (Phi) is 7.89. The number of aromatic nitrogens is 2. The van der Waals surface area contributed by atoms with Crippen LogP contribution in [-0.4, -0.2) is 53.1 Å². The van der Waals surface area contributed by atoms with Gasteiger partial charge in [-0.25, -0.2) is 9.07 Å². The predicted molar refractivity (Wildman–Crippen MR) is 159 cm³/mol. The van der Waals surface area contributed by atoms with Crippen LogP contribution in [0, 0.1) is 12.7 Å². The number of nitrogens with zero attached hydrogens (tertiary/aromatic N) is 3. The molecule has 9 heteroatoms. The molecule has 1 fully saturated rings. The Hall–Kier alpha value is -3.95. The Balaban J connectivity index is 1.51. The Labute approximate surface area is 242 Å². The first-order valence-corrected chi connectivity index (χ1v) is 14.8. The van der Waals surface area contributed by atoms with E-state index in [1.807, 2.05) is 67.6 Å². The number of amides is 2. The van der Waals surface area contributed by atoms with E-state index in [1.54, 1.807) is 10.7 Å². The summed E-state index contributed by atoms with van der Waals surface area (Å²) in [6, 6.07) is 24.1. The van der Waals surface area contributed by atoms with E-state index in [1.165, 1.54) is 28.8 Å². The van der Waals surface area contributed by atoms with Gasteiger partial charge in [0, 0.05) is 24.3 Å². The number of carbonyl (C=O) groups excluding carboxylic acids is 2. The number of ether oxygens (including phenoxy) is 1. The third kappa shape index (κ3) is 5.78. The van der Waals surface area contributed by atoms with Crippen molar-refractivity contribution in [1.29, 1.82) is 0 Å². The number of aryl methyl sites for hydroxylation is 1. The summed E-state index contributed by atoms with van der Waals surface area (Å²) in [6.07, 6.45) is 1.87. The van der Waals surface area contributed by atoms with Crippen LogP contribution in [0.2, 0.25) is 0 Å². The van der Waals surface area contributed by atoms with E-state index in [4.69, 9.17) is 9.84 Å². The number of hydrogen-bond donors (Lipinski definition) is 1. The maximum absolute atomic E-state index is 14.5. The highest BCUT2D eigenvalue weighted by molar-refractivity contribution is 8.00. The van der Waals surface area contributed by atoms with Crippen molar-refractivity contribution in [3.8, 4) is 16.9 Å². The lowest BCUT2D eigenvalue weighted by Gasteiger charge is -2.23. The first kappa shape index (κ1) is 27.2. The van der Waals surface area contributed by atoms with Crippen LogP contribution in [0.25, 0.3) is 16.9 Å². The molecule has 0 bridgehead atoms. The number of benzene rings is 3. The Morgan fingerprint density at radius 2 is 1.90 bits per heavy atom. The molecule has 0 aliphatic carbocycles. The second-order valence-corrected chi connectivity index (χ2v) is 11.5. The largest absolute Gasteiger partial charge is 0.376 e. The highest BCUT2D eigenvalue weighted by Gasteiger charge is 2.38. The van der Waals surface area contributed by atoms with Crippen LogP contribution in [0.5, 0.6) is 0 Å². The van der Waals surface area contributed by atoms with Crippen molar-refractivity contribution in [3.63, 3.8) is 0 Å². The summed E-state index contributed by atoms with van der Waals surface area (Å²) in [5, 5.41) is 7.63. The SMILES string of the molecule is Cc1ccc(-n2nc(-c3ccccc3)c3c2N(CC(=O)NC[C@H]2CCCO2)C(=O)CS[C@H]3c2cccc(F)c2)cc1. The van der Waals surface area contributed by atoms with E-state index >= 15 is 0 Å². The lowest BCUT2D eigenvalue weighted by molar-refractivity contribution is -0.123. The fraction of sp³-hybridized carbons (Fsp3) is 0.281. The number of carbonyl (C=O) groups is 2. The van der Waals surface area contributed by atoms with Gasteiger partial charge in [-0.15, -0.1) is 11.8 Å². The predicted octanol–water partition coefficient (Wildman–Crippen LogP) is 5.45. The topological polar surface area (TPSA) is 76.5 Å². The molecule has 210 valence electrons. The number of halogens is 1. The van der Waals surface area contributed by atoms with Crippen LogP contribution in [0.3, 0.4) is 0 Å². The molecule has 2 atom stereocenters. The molecule has 2 aliphatic rings. The van der Waals surface area contributed by atoms with Gasteiger partial charge in [-0.1, -0.05) is 60.2 Å². The first-order valence-electron chi connectivity index (χ1n) is 13.8. The highest BCUT2D eigenvalue weighted by Crippen LogP contribution is 2.48. The summed E-state index contributed by atoms with van der Waals surface area (Å²) in [5.74, 6) is -0.194. The molecule has 4 aromatic rings. The zero-order chi connectivity index (χ0) is 28.3. The molecular weight excluding hydrogens is 539 g/mol. The standard InChI is InChI=1S/C32H31FN4O3S/c1-21-12-14-25(15-13-21)37-32-29(30(35-37)22-7-3-2-4-8-22)31(23-9-5-10-24(33)17-23)41-20-28(39)36(32)19-27(38)34-18-26-11-6-16-40-26/h2-5,7-10,12-15,17,26,31H,6,11,16,18-20H2,1H3,(H,34,38)/t26-,31+/m1/s1. The fourth-order valence-electron chi connectivity index (χ4n) is 5.36. The first-order chi connectivity index (χ1) is 20.0. The number of anilines is 1. The summed E-state index contributed by atoms with van der Waals surface area (Å²) in [5.41, 5.74) is 4.90. The minimum Gasteiger partial charge on any atom is -0.376 e. The van der Waals surface area contributed by atoms with E-state index in [-0.39, 0.29) is 41.3 Å². The summed E-state index contributed by atoms with van der Waals surface area (Å²) in [7, 11) is 0. The lowest BCUT2D eigenvalue weighted by Crippen LogP contribution is -2.44. The number of fused-ring (bicyclic) bond motifs is 1. The molecule has 1 saturated heterocycles. The number of thioether (sulfide) groups is 1. The fourth-order valence-corrected chi connectivity index (χ4v) is 6.55. The molecule has 1 N–H and O–H groups in total. The van der Waals surface area contributed by atoms with Crippen LogP contribution in [0.15, 0.2) is 78.9 Å². The quantitative estimate of drug-likeness (QED) is 0.320. The molecular formula is C32H31FN4O3S. The molecule has 2 amide bonds. The zero-order valence-electron chi connectivity index (χ0n) is 22.8. The van der Waals surface area contributed by atoms with Crippen LogP contribution in [0.1, 0.15) is 34.8 Å². The molecule has 7 nitrogen and oxygen atoms in total. The van der Waals surface area contributed by atoms with E-state index in [0.29, 0.717) is 24.7 Å². The molecule has 0 radical (unpaired) electrons. The van der Waals surface area contributed by atoms with Crippen LogP contribution in [-0.2, 0) is 14.3 Å². The van der Waals surface area contributed by atoms with Gasteiger partial charge in [0.1, 0.15) is 18.2 Å². The van der Waals surface area contributed by atoms with Gasteiger partial charge in [0.15, 0.2) is 0 Å². The van der Waals surface area contributed by atoms with E-state index in [0.717, 1.165) is 40.8 Å². The minimum absolute atomic E-state index is 0.00923. The van der Waals surface area contributed by atoms with E-state index < -0.39 is 0 Å². The molecule has 0 saturated carbocycles. The minimum atomic E-state index is -0.390. The van der Waals surface area contributed by atoms with Crippen LogP contribution >= 0.6 is 11.8 Å². The molecule has 2 aliphatic heterocycles. The highest BCUT2D eigenvalue weighted by atomic mass is 32.2. The summed E-state index contributed by atoms with van der Waals surface area (Å²) in [4.78, 5) is 28.6. The van der Waals surface area contributed by atoms with Gasteiger partial charge in [0.25, 0.3) is 0 Å². The van der Waals surface area contributed by atoms with Gasteiger partial charge in [0.2, 0.25) is 11.8 Å². The normalized spacial score (nSPS) is 18.7. The van der Waals surface area contributed by atoms with Crippen molar-refractivity contribution in [3.05, 3.63) is 101 Å². The third-order valence-corrected chi connectivity index (χ3v) is 8.67. The summed E-state index contributed by atoms with van der Waals surface area (Å²) in [6.45, 7) is 2.94. The van der Waals surface area contributed by atoms with Crippen molar-refractivity contribution >= 4 is 29.4 Å². The third-order valence-electron chi connectivity index (χ3n) is 7.42. The van der Waals surface area contributed by atoms with Crippen molar-refractivity contribution in [1.82, 2.24) is 15.1 Å². The summed E-state index contributed by atoms with van der Waals surface area (Å²) >= 11 is 1.42. The molecule has 3 heterocycles. The van der Waals surface area contributed by atoms with Crippen LogP contribution in [0.4, 0.5) is 10.2 Å². The molecule has 3 aromatic carbocycles. The Bertz CT molecular complexity index is 1550. The molecule has 1 aromatic heterocycles. The van der Waals surface area contributed by atoms with E-state index in [9.17, 15) is 14.0 Å². The Morgan fingerprint density at radius 1 is 1.10 bits per heavy atom. The number of rotatable bonds is 7. The van der Waals surface area contributed by atoms with Gasteiger partial charge in [-0.2, -0.15) is 5.10 Å². The average molecular weight is 571 g/mol. The van der Waals surface area contributed by atoms with Crippen molar-refractivity contribution in [2.75, 3.05) is 30.3 Å². The molecule has 0 spiro atoms.